The topological polar surface area (TPSA) is 113 Å². The molecule has 124 valence electrons. The lowest BCUT2D eigenvalue weighted by Crippen LogP contribution is -2.14. The van der Waals surface area contributed by atoms with E-state index in [4.69, 9.17) is 5.73 Å². The van der Waals surface area contributed by atoms with Gasteiger partial charge in [-0.1, -0.05) is 30.0 Å². The summed E-state index contributed by atoms with van der Waals surface area (Å²) in [5, 5.41) is 11.5. The highest BCUT2D eigenvalue weighted by Crippen LogP contribution is 2.27. The molecule has 0 saturated carbocycles. The quantitative estimate of drug-likeness (QED) is 0.531. The fourth-order valence-corrected chi connectivity index (χ4v) is 3.71. The van der Waals surface area contributed by atoms with E-state index < -0.39 is 11.5 Å². The fourth-order valence-electron chi connectivity index (χ4n) is 2.18. The van der Waals surface area contributed by atoms with Crippen LogP contribution in [0.15, 0.2) is 51.7 Å². The summed E-state index contributed by atoms with van der Waals surface area (Å²) >= 11 is 2.73. The minimum atomic E-state index is -0.489. The zero-order valence-corrected chi connectivity index (χ0v) is 14.5. The van der Waals surface area contributed by atoms with Crippen molar-refractivity contribution in [3.8, 4) is 16.6 Å². The number of carbonyl (C=O) groups excluding carboxylic acids is 1. The molecule has 25 heavy (non-hydrogen) atoms. The van der Waals surface area contributed by atoms with Gasteiger partial charge in [-0.15, -0.1) is 11.3 Å². The number of rotatable bonds is 5. The van der Waals surface area contributed by atoms with E-state index in [0.717, 1.165) is 10.4 Å². The predicted molar refractivity (Wildman–Crippen MR) is 97.4 cm³/mol. The van der Waals surface area contributed by atoms with Crippen LogP contribution in [0.1, 0.15) is 21.5 Å². The second kappa shape index (κ2) is 7.34. The van der Waals surface area contributed by atoms with Crippen LogP contribution in [0.25, 0.3) is 10.6 Å². The van der Waals surface area contributed by atoms with E-state index in [1.165, 1.54) is 23.1 Å². The highest BCUT2D eigenvalue weighted by Gasteiger charge is 2.14. The lowest BCUT2D eigenvalue weighted by Gasteiger charge is -2.06. The fraction of sp³-hybridized carbons (Fsp3) is 0.0588. The third-order valence-electron chi connectivity index (χ3n) is 3.35. The first-order valence-electron chi connectivity index (χ1n) is 7.18. The van der Waals surface area contributed by atoms with Gasteiger partial charge in [0.1, 0.15) is 17.3 Å². The van der Waals surface area contributed by atoms with Gasteiger partial charge in [-0.3, -0.25) is 9.59 Å². The van der Waals surface area contributed by atoms with Crippen molar-refractivity contribution in [2.24, 2.45) is 5.73 Å². The van der Waals surface area contributed by atoms with Crippen LogP contribution in [0, 0.1) is 11.3 Å². The first kappa shape index (κ1) is 17.0. The van der Waals surface area contributed by atoms with Gasteiger partial charge in [0.25, 0.3) is 5.56 Å². The highest BCUT2D eigenvalue weighted by molar-refractivity contribution is 7.98. The number of H-pyrrole nitrogens is 1. The number of aromatic nitrogens is 2. The number of nitrogens with two attached hydrogens (primary N) is 1. The van der Waals surface area contributed by atoms with Crippen molar-refractivity contribution in [2.75, 3.05) is 0 Å². The minimum Gasteiger partial charge on any atom is -0.366 e. The SMILES string of the molecule is N#Cc1c(-c2cccs2)nc(SCc2cccc(C(N)=O)c2)[nH]c1=O. The molecule has 8 heteroatoms. The second-order valence-electron chi connectivity index (χ2n) is 5.04. The first-order chi connectivity index (χ1) is 12.1. The number of nitriles is 1. The van der Waals surface area contributed by atoms with Crippen LogP contribution in [0.3, 0.4) is 0 Å². The van der Waals surface area contributed by atoms with Gasteiger partial charge < -0.3 is 10.7 Å². The van der Waals surface area contributed by atoms with Crippen molar-refractivity contribution in [3.05, 3.63) is 68.8 Å². The number of primary amides is 1. The standard InChI is InChI=1S/C17H12N4O2S2/c18-8-12-14(13-5-2-6-24-13)20-17(21-16(12)23)25-9-10-3-1-4-11(7-10)15(19)22/h1-7H,9H2,(H2,19,22)(H,20,21,23). The Balaban J connectivity index is 1.89. The van der Waals surface area contributed by atoms with Gasteiger partial charge in [-0.05, 0) is 29.1 Å². The Morgan fingerprint density at radius 2 is 2.20 bits per heavy atom. The molecule has 3 N–H and O–H groups in total. The molecular weight excluding hydrogens is 356 g/mol. The molecule has 6 nitrogen and oxygen atoms in total. The normalized spacial score (nSPS) is 10.4. The van der Waals surface area contributed by atoms with Crippen LogP contribution in [-0.4, -0.2) is 15.9 Å². The van der Waals surface area contributed by atoms with Gasteiger partial charge in [0, 0.05) is 11.3 Å². The highest BCUT2D eigenvalue weighted by atomic mass is 32.2. The third kappa shape index (κ3) is 3.79. The molecule has 0 radical (unpaired) electrons. The zero-order chi connectivity index (χ0) is 17.8. The molecule has 1 amide bonds. The molecule has 3 aromatic rings. The molecule has 2 aromatic heterocycles. The maximum absolute atomic E-state index is 12.2. The smallest absolute Gasteiger partial charge is 0.270 e. The monoisotopic (exact) mass is 368 g/mol. The number of hydrogen-bond acceptors (Lipinski definition) is 6. The largest absolute Gasteiger partial charge is 0.366 e. The Hall–Kier alpha value is -2.89. The van der Waals surface area contributed by atoms with Crippen LogP contribution < -0.4 is 11.3 Å². The molecule has 0 bridgehead atoms. The minimum absolute atomic E-state index is 0.00234. The average Bonchev–Trinajstić information content (AvgIpc) is 3.14. The summed E-state index contributed by atoms with van der Waals surface area (Å²) in [7, 11) is 0. The molecule has 3 rings (SSSR count). The van der Waals surface area contributed by atoms with Crippen LogP contribution in [0.2, 0.25) is 0 Å². The third-order valence-corrected chi connectivity index (χ3v) is 5.17. The van der Waals surface area contributed by atoms with Crippen molar-refractivity contribution >= 4 is 29.0 Å². The number of carbonyl (C=O) groups is 1. The maximum atomic E-state index is 12.2. The number of thioether (sulfide) groups is 1. The molecule has 1 aromatic carbocycles. The number of aromatic amines is 1. The Kier molecular flexibility index (Phi) is 4.97. The number of nitrogens with one attached hydrogen (secondary N) is 1. The summed E-state index contributed by atoms with van der Waals surface area (Å²) in [6.07, 6.45) is 0. The van der Waals surface area contributed by atoms with Gasteiger partial charge in [0.2, 0.25) is 5.91 Å². The van der Waals surface area contributed by atoms with Crippen molar-refractivity contribution < 1.29 is 4.79 Å². The van der Waals surface area contributed by atoms with Gasteiger partial charge in [-0.25, -0.2) is 4.98 Å². The maximum Gasteiger partial charge on any atom is 0.270 e. The van der Waals surface area contributed by atoms with Crippen LogP contribution in [0.5, 0.6) is 0 Å². The lowest BCUT2D eigenvalue weighted by molar-refractivity contribution is 0.1000. The van der Waals surface area contributed by atoms with Crippen molar-refractivity contribution in [3.63, 3.8) is 0 Å². The summed E-state index contributed by atoms with van der Waals surface area (Å²) < 4.78 is 0. The van der Waals surface area contributed by atoms with Crippen LogP contribution in [-0.2, 0) is 5.75 Å². The molecule has 0 saturated heterocycles. The number of nitrogens with zero attached hydrogens (tertiary/aromatic N) is 2. The summed E-state index contributed by atoms with van der Waals surface area (Å²) in [4.78, 5) is 31.2. The first-order valence-corrected chi connectivity index (χ1v) is 9.05. The summed E-state index contributed by atoms with van der Waals surface area (Å²) in [5.74, 6) is 0.0107. The zero-order valence-electron chi connectivity index (χ0n) is 12.9. The van der Waals surface area contributed by atoms with Crippen molar-refractivity contribution in [2.45, 2.75) is 10.9 Å². The molecule has 0 aliphatic rings. The van der Waals surface area contributed by atoms with Crippen molar-refractivity contribution in [1.29, 1.82) is 5.26 Å². The lowest BCUT2D eigenvalue weighted by atomic mass is 10.1. The van der Waals surface area contributed by atoms with E-state index >= 15 is 0 Å². The van der Waals surface area contributed by atoms with Gasteiger partial charge in [0.15, 0.2) is 5.16 Å². The van der Waals surface area contributed by atoms with E-state index in [2.05, 4.69) is 9.97 Å². The Morgan fingerprint density at radius 3 is 2.88 bits per heavy atom. The van der Waals surface area contributed by atoms with Gasteiger partial charge in [-0.2, -0.15) is 5.26 Å². The molecule has 0 fully saturated rings. The molecule has 0 unspecified atom stereocenters. The van der Waals surface area contributed by atoms with E-state index in [-0.39, 0.29) is 5.56 Å². The molecule has 2 heterocycles. The van der Waals surface area contributed by atoms with E-state index in [9.17, 15) is 14.9 Å². The molecule has 0 atom stereocenters. The van der Waals surface area contributed by atoms with Gasteiger partial charge in [0.05, 0.1) is 4.88 Å². The van der Waals surface area contributed by atoms with Crippen LogP contribution >= 0.6 is 23.1 Å². The molecular formula is C17H12N4O2S2. The van der Waals surface area contributed by atoms with E-state index in [1.807, 2.05) is 29.6 Å². The van der Waals surface area contributed by atoms with Crippen LogP contribution in [0.4, 0.5) is 0 Å². The summed E-state index contributed by atoms with van der Waals surface area (Å²) in [6, 6.07) is 12.5. The Bertz CT molecular complexity index is 1020. The number of amides is 1. The van der Waals surface area contributed by atoms with E-state index in [1.54, 1.807) is 18.2 Å². The predicted octanol–water partition coefficient (Wildman–Crippen LogP) is 2.76. The van der Waals surface area contributed by atoms with Crippen molar-refractivity contribution in [1.82, 2.24) is 9.97 Å². The summed E-state index contributed by atoms with van der Waals surface area (Å²) in [6.45, 7) is 0. The number of benzene rings is 1. The molecule has 0 aliphatic heterocycles. The average molecular weight is 368 g/mol. The Labute approximate surface area is 151 Å². The second-order valence-corrected chi connectivity index (χ2v) is 6.95. The van der Waals surface area contributed by atoms with E-state index in [0.29, 0.717) is 22.2 Å². The number of hydrogen-bond donors (Lipinski definition) is 2. The molecule has 0 spiro atoms. The van der Waals surface area contributed by atoms with Gasteiger partial charge >= 0.3 is 0 Å². The Morgan fingerprint density at radius 1 is 1.36 bits per heavy atom. The summed E-state index contributed by atoms with van der Waals surface area (Å²) in [5.41, 5.74) is 6.51. The number of thiophene rings is 1. The molecule has 0 aliphatic carbocycles.